The van der Waals surface area contributed by atoms with Gasteiger partial charge in [0.15, 0.2) is 0 Å². The summed E-state index contributed by atoms with van der Waals surface area (Å²) in [6.45, 7) is 24.6. The molecule has 352 valence electrons. The second kappa shape index (κ2) is 18.6. The lowest BCUT2D eigenvalue weighted by atomic mass is 9.49. The summed E-state index contributed by atoms with van der Waals surface area (Å²) in [5.74, 6) is 0. The molecule has 11 rings (SSSR count). The summed E-state index contributed by atoms with van der Waals surface area (Å²) in [4.78, 5) is 0. The molecule has 0 radical (unpaired) electrons. The molecule has 6 aromatic carbocycles. The Morgan fingerprint density at radius 3 is 1.15 bits per heavy atom. The van der Waals surface area contributed by atoms with E-state index in [1.54, 1.807) is 0 Å². The molecule has 0 N–H and O–H groups in total. The molecule has 0 saturated carbocycles. The second-order valence-electron chi connectivity index (χ2n) is 20.7. The van der Waals surface area contributed by atoms with Crippen molar-refractivity contribution < 1.29 is 33.7 Å². The van der Waals surface area contributed by atoms with Gasteiger partial charge in [0.1, 0.15) is 0 Å². The molecule has 0 atom stereocenters. The van der Waals surface area contributed by atoms with Crippen LogP contribution in [0.2, 0.25) is 0 Å². The number of rotatable bonds is 4. The number of benzene rings is 6. The molecular formula is C55H63B3BrFN2O6. The van der Waals surface area contributed by atoms with Gasteiger partial charge in [-0.15, -0.1) is 0 Å². The van der Waals surface area contributed by atoms with Crippen LogP contribution in [0.4, 0.5) is 4.39 Å². The largest absolute Gasteiger partial charge is 0.494 e. The lowest BCUT2D eigenvalue weighted by molar-refractivity contribution is 0.00578. The van der Waals surface area contributed by atoms with E-state index in [0.29, 0.717) is 0 Å². The molecule has 3 aliphatic rings. The van der Waals surface area contributed by atoms with Crippen LogP contribution in [0.15, 0.2) is 150 Å². The average Bonchev–Trinajstić information content (AvgIpc) is 4.01. The third-order valence-corrected chi connectivity index (χ3v) is 15.1. The third kappa shape index (κ3) is 9.12. The predicted octanol–water partition coefficient (Wildman–Crippen LogP) is 13.5. The Balaban J connectivity index is 0.000000140. The standard InChI is InChI=1S/C24H24BNO2.C18H12BrN.C12H24B2O4.CH3F/c1-23(2)24(3,4)28-25(27-23)17-14-15-22-20(16-17)19-12-8-9-13-21(19)26(22)18-10-6-5-7-11-18;19-13-10-11-18-16(12-13)15-8-4-5-9-17(15)20(18)14-6-2-1-3-7-14;1-9(2)10(3,4)16-13(15-9)14-17-11(5,6)12(7,8)18-14;1-2/h5-16H,1-4H3;1-12H;1-8H3;1H3/i;;;1D. The molecule has 0 spiro atoms. The fourth-order valence-corrected chi connectivity index (χ4v) is 9.13. The Labute approximate surface area is 412 Å². The molecule has 8 nitrogen and oxygen atoms in total. The van der Waals surface area contributed by atoms with Gasteiger partial charge in [-0.3, -0.25) is 4.39 Å². The van der Waals surface area contributed by atoms with Crippen molar-refractivity contribution in [2.45, 2.75) is 117 Å². The van der Waals surface area contributed by atoms with Gasteiger partial charge in [0.05, 0.1) is 64.2 Å². The molecule has 13 heteroatoms. The van der Waals surface area contributed by atoms with Crippen LogP contribution in [0.1, 0.15) is 84.5 Å². The number of hydrogen-bond donors (Lipinski definition) is 0. The van der Waals surface area contributed by atoms with Crippen LogP contribution >= 0.6 is 15.9 Å². The Morgan fingerprint density at radius 1 is 0.412 bits per heavy atom. The number of aromatic nitrogens is 2. The first-order chi connectivity index (χ1) is 32.5. The van der Waals surface area contributed by atoms with Crippen LogP contribution in [0, 0.1) is 0 Å². The molecule has 2 aromatic heterocycles. The van der Waals surface area contributed by atoms with E-state index in [-0.39, 0.29) is 40.7 Å². The summed E-state index contributed by atoms with van der Waals surface area (Å²) in [6, 6.07) is 51.1. The molecule has 0 bridgehead atoms. The molecule has 3 saturated heterocycles. The fourth-order valence-electron chi connectivity index (χ4n) is 8.77. The summed E-state index contributed by atoms with van der Waals surface area (Å²) >= 11 is 3.57. The van der Waals surface area contributed by atoms with Crippen molar-refractivity contribution in [3.05, 3.63) is 150 Å². The first-order valence-electron chi connectivity index (χ1n) is 24.0. The van der Waals surface area contributed by atoms with E-state index < -0.39 is 21.2 Å². The fraction of sp³-hybridized carbons (Fsp3) is 0.345. The van der Waals surface area contributed by atoms with Gasteiger partial charge >= 0.3 is 21.1 Å². The van der Waals surface area contributed by atoms with Gasteiger partial charge in [0.25, 0.3) is 0 Å². The van der Waals surface area contributed by atoms with Crippen molar-refractivity contribution in [3.8, 4) is 11.4 Å². The molecule has 8 aromatic rings. The maximum absolute atomic E-state index is 9.96. The predicted molar refractivity (Wildman–Crippen MR) is 284 cm³/mol. The van der Waals surface area contributed by atoms with E-state index in [9.17, 15) is 4.39 Å². The molecule has 0 aliphatic carbocycles. The van der Waals surface area contributed by atoms with Crippen molar-refractivity contribution in [2.24, 2.45) is 0 Å². The van der Waals surface area contributed by atoms with Crippen molar-refractivity contribution in [1.82, 2.24) is 9.13 Å². The quantitative estimate of drug-likeness (QED) is 0.164. The van der Waals surface area contributed by atoms with Gasteiger partial charge < -0.3 is 37.1 Å². The van der Waals surface area contributed by atoms with Crippen LogP contribution < -0.4 is 5.46 Å². The number of fused-ring (bicyclic) bond motifs is 6. The first kappa shape index (κ1) is 48.3. The minimum absolute atomic E-state index is 0.343. The Bertz CT molecular complexity index is 3010. The lowest BCUT2D eigenvalue weighted by Crippen LogP contribution is -2.41. The highest BCUT2D eigenvalue weighted by molar-refractivity contribution is 9.10. The number of hydrogen-bond acceptors (Lipinski definition) is 6. The topological polar surface area (TPSA) is 65.2 Å². The minimum Gasteiger partial charge on any atom is -0.405 e. The van der Waals surface area contributed by atoms with E-state index >= 15 is 0 Å². The average molecular weight is 980 g/mol. The zero-order valence-electron chi connectivity index (χ0n) is 42.4. The van der Waals surface area contributed by atoms with Crippen molar-refractivity contribution in [3.63, 3.8) is 0 Å². The van der Waals surface area contributed by atoms with E-state index in [4.69, 9.17) is 29.3 Å². The number of alkyl halides is 1. The maximum Gasteiger partial charge on any atom is 0.494 e. The first-order valence-corrected chi connectivity index (χ1v) is 24.1. The number of para-hydroxylation sites is 4. The number of nitrogens with zero attached hydrogens (tertiary/aromatic N) is 2. The summed E-state index contributed by atoms with van der Waals surface area (Å²) in [5, 5.41) is 5.01. The van der Waals surface area contributed by atoms with E-state index in [1.165, 1.54) is 49.3 Å². The Kier molecular flexibility index (Phi) is 13.2. The highest BCUT2D eigenvalue weighted by Crippen LogP contribution is 2.43. The van der Waals surface area contributed by atoms with Crippen molar-refractivity contribution in [1.29, 1.82) is 0 Å². The van der Waals surface area contributed by atoms with Gasteiger partial charge in [-0.25, -0.2) is 0 Å². The van der Waals surface area contributed by atoms with Crippen LogP contribution in [-0.4, -0.2) is 71.0 Å². The maximum atomic E-state index is 9.96. The lowest BCUT2D eigenvalue weighted by Gasteiger charge is -2.32. The van der Waals surface area contributed by atoms with Gasteiger partial charge in [0, 0.05) is 37.4 Å². The Hall–Kier alpha value is -4.72. The summed E-state index contributed by atoms with van der Waals surface area (Å²) in [6.07, 6.45) is 0. The van der Waals surface area contributed by atoms with Crippen molar-refractivity contribution >= 4 is 86.1 Å². The Morgan fingerprint density at radius 2 is 0.735 bits per heavy atom. The van der Waals surface area contributed by atoms with Crippen LogP contribution in [-0.2, 0) is 27.9 Å². The summed E-state index contributed by atoms with van der Waals surface area (Å²) < 4.78 is 57.6. The number of halogens is 2. The molecule has 68 heavy (non-hydrogen) atoms. The summed E-state index contributed by atoms with van der Waals surface area (Å²) in [5.41, 5.74) is 6.16. The second-order valence-corrected chi connectivity index (χ2v) is 21.6. The highest BCUT2D eigenvalue weighted by atomic mass is 79.9. The highest BCUT2D eigenvalue weighted by Gasteiger charge is 2.63. The smallest absolute Gasteiger partial charge is 0.405 e. The summed E-state index contributed by atoms with van der Waals surface area (Å²) in [7, 11) is -2.31. The van der Waals surface area contributed by atoms with Crippen LogP contribution in [0.25, 0.3) is 55.0 Å². The van der Waals surface area contributed by atoms with Gasteiger partial charge in [-0.1, -0.05) is 101 Å². The molecule has 0 unspecified atom stereocenters. The van der Waals surface area contributed by atoms with Crippen LogP contribution in [0.5, 0.6) is 0 Å². The van der Waals surface area contributed by atoms with Crippen molar-refractivity contribution in [2.75, 3.05) is 7.15 Å². The molecule has 3 fully saturated rings. The van der Waals surface area contributed by atoms with Gasteiger partial charge in [0.2, 0.25) is 0 Å². The molecule has 5 heterocycles. The third-order valence-electron chi connectivity index (χ3n) is 14.7. The van der Waals surface area contributed by atoms with E-state index in [0.717, 1.165) is 15.6 Å². The van der Waals surface area contributed by atoms with E-state index in [1.807, 2.05) is 67.5 Å². The molecule has 0 amide bonds. The van der Waals surface area contributed by atoms with Crippen LogP contribution in [0.3, 0.4) is 0 Å². The zero-order chi connectivity index (χ0) is 49.7. The minimum atomic E-state index is -1.00. The molecular weight excluding hydrogens is 916 g/mol. The SMILES string of the molecule is Brc1ccc2c(c1)c1ccccc1n2-c1ccccc1.CC1(C)OB(B2OC(C)(C)C(C)(C)O2)OC1(C)C.CC1(C)OB(c2ccc3c(c2)c2ccccc2n3-c2ccccc2)OC1(C)C.[2H]CF. The monoisotopic (exact) mass is 979 g/mol. The van der Waals surface area contributed by atoms with E-state index in [2.05, 4.69) is 186 Å². The molecule has 3 aliphatic heterocycles. The van der Waals surface area contributed by atoms with Gasteiger partial charge in [-0.2, -0.15) is 0 Å². The normalized spacial score (nSPS) is 19.6. The van der Waals surface area contributed by atoms with Gasteiger partial charge in [-0.05, 0) is 149 Å². The zero-order valence-corrected chi connectivity index (χ0v) is 43.0.